The number of nitrogens with zero attached hydrogens (tertiary/aromatic N) is 3. The first-order chi connectivity index (χ1) is 9.99. The molecule has 2 rings (SSSR count). The summed E-state index contributed by atoms with van der Waals surface area (Å²) in [4.78, 5) is 17.7. The summed E-state index contributed by atoms with van der Waals surface area (Å²) in [6.07, 6.45) is 1.99. The third-order valence-electron chi connectivity index (χ3n) is 3.97. The van der Waals surface area contributed by atoms with E-state index in [0.29, 0.717) is 13.1 Å². The largest absolute Gasteiger partial charge is 0.336 e. The molecular formula is C16H21N3OS. The van der Waals surface area contributed by atoms with Gasteiger partial charge in [-0.3, -0.25) is 9.69 Å². The van der Waals surface area contributed by atoms with Crippen molar-refractivity contribution >= 4 is 17.7 Å². The Labute approximate surface area is 130 Å². The maximum atomic E-state index is 12.6. The van der Waals surface area contributed by atoms with Crippen LogP contribution in [0.4, 0.5) is 0 Å². The number of hydrogen-bond donors (Lipinski definition) is 0. The molecule has 1 aliphatic heterocycles. The van der Waals surface area contributed by atoms with E-state index < -0.39 is 5.54 Å². The first-order valence-electron chi connectivity index (χ1n) is 7.08. The van der Waals surface area contributed by atoms with Gasteiger partial charge in [0.05, 0.1) is 11.6 Å². The number of piperazine rings is 1. The molecule has 1 aromatic rings. The predicted octanol–water partition coefficient (Wildman–Crippen LogP) is 2.47. The second-order valence-corrected chi connectivity index (χ2v) is 6.50. The minimum absolute atomic E-state index is 0.0920. The molecule has 1 heterocycles. The fraction of sp³-hybridized carbons (Fsp3) is 0.500. The summed E-state index contributed by atoms with van der Waals surface area (Å²) >= 11 is 1.60. The number of amides is 1. The fourth-order valence-electron chi connectivity index (χ4n) is 2.53. The molecule has 1 amide bonds. The van der Waals surface area contributed by atoms with E-state index in [2.05, 4.69) is 11.0 Å². The quantitative estimate of drug-likeness (QED) is 0.805. The second-order valence-electron chi connectivity index (χ2n) is 5.65. The Morgan fingerprint density at radius 3 is 2.43 bits per heavy atom. The molecule has 0 bridgehead atoms. The summed E-state index contributed by atoms with van der Waals surface area (Å²) in [6.45, 7) is 6.68. The van der Waals surface area contributed by atoms with Gasteiger partial charge in [0, 0.05) is 31.1 Å². The van der Waals surface area contributed by atoms with Gasteiger partial charge in [-0.05, 0) is 32.2 Å². The Balaban J connectivity index is 2.06. The van der Waals surface area contributed by atoms with E-state index in [4.69, 9.17) is 0 Å². The monoisotopic (exact) mass is 303 g/mol. The molecule has 0 aromatic heterocycles. The van der Waals surface area contributed by atoms with E-state index in [1.807, 2.05) is 49.3 Å². The molecule has 1 aromatic carbocycles. The molecule has 0 radical (unpaired) electrons. The molecule has 0 saturated carbocycles. The highest BCUT2D eigenvalue weighted by Gasteiger charge is 2.31. The molecule has 0 unspecified atom stereocenters. The maximum absolute atomic E-state index is 12.6. The van der Waals surface area contributed by atoms with E-state index >= 15 is 0 Å². The van der Waals surface area contributed by atoms with Gasteiger partial charge in [0.15, 0.2) is 0 Å². The molecule has 0 spiro atoms. The molecule has 4 nitrogen and oxygen atoms in total. The highest BCUT2D eigenvalue weighted by atomic mass is 32.2. The maximum Gasteiger partial charge on any atom is 0.255 e. The Kier molecular flexibility index (Phi) is 4.92. The lowest BCUT2D eigenvalue weighted by Gasteiger charge is -2.40. The smallest absolute Gasteiger partial charge is 0.255 e. The van der Waals surface area contributed by atoms with E-state index in [9.17, 15) is 10.1 Å². The molecule has 0 N–H and O–H groups in total. The van der Waals surface area contributed by atoms with Gasteiger partial charge < -0.3 is 4.90 Å². The number of rotatable bonds is 3. The molecule has 21 heavy (non-hydrogen) atoms. The summed E-state index contributed by atoms with van der Waals surface area (Å²) in [5.41, 5.74) is 0.310. The van der Waals surface area contributed by atoms with Crippen molar-refractivity contribution in [2.75, 3.05) is 32.4 Å². The van der Waals surface area contributed by atoms with Gasteiger partial charge in [-0.2, -0.15) is 5.26 Å². The highest BCUT2D eigenvalue weighted by Crippen LogP contribution is 2.23. The Bertz CT molecular complexity index is 557. The fourth-order valence-corrected chi connectivity index (χ4v) is 3.12. The van der Waals surface area contributed by atoms with Crippen LogP contribution in [0.25, 0.3) is 0 Å². The average molecular weight is 303 g/mol. The molecule has 1 saturated heterocycles. The third-order valence-corrected chi connectivity index (χ3v) is 4.76. The molecule has 5 heteroatoms. The SMILES string of the molecule is CSc1ccccc1C(=O)N1CCN(C(C)(C)C#N)CC1. The molecule has 0 atom stereocenters. The Morgan fingerprint density at radius 2 is 1.86 bits per heavy atom. The lowest BCUT2D eigenvalue weighted by molar-refractivity contribution is 0.0518. The molecule has 112 valence electrons. The summed E-state index contributed by atoms with van der Waals surface area (Å²) in [6, 6.07) is 10.1. The van der Waals surface area contributed by atoms with Gasteiger partial charge in [0.1, 0.15) is 5.54 Å². The Morgan fingerprint density at radius 1 is 1.24 bits per heavy atom. The van der Waals surface area contributed by atoms with Crippen molar-refractivity contribution in [3.63, 3.8) is 0 Å². The van der Waals surface area contributed by atoms with Crippen LogP contribution in [0, 0.1) is 11.3 Å². The van der Waals surface area contributed by atoms with Gasteiger partial charge in [-0.1, -0.05) is 12.1 Å². The number of carbonyl (C=O) groups excluding carboxylic acids is 1. The topological polar surface area (TPSA) is 47.3 Å². The van der Waals surface area contributed by atoms with Crippen LogP contribution in [-0.2, 0) is 0 Å². The lowest BCUT2D eigenvalue weighted by Crippen LogP contribution is -2.55. The first kappa shape index (κ1) is 15.9. The van der Waals surface area contributed by atoms with Crippen LogP contribution in [0.3, 0.4) is 0 Å². The number of thioether (sulfide) groups is 1. The van der Waals surface area contributed by atoms with Crippen molar-refractivity contribution in [3.05, 3.63) is 29.8 Å². The average Bonchev–Trinajstić information content (AvgIpc) is 2.54. The molecule has 1 aliphatic rings. The van der Waals surface area contributed by atoms with Crippen LogP contribution < -0.4 is 0 Å². The van der Waals surface area contributed by atoms with Crippen LogP contribution in [0.2, 0.25) is 0 Å². The van der Waals surface area contributed by atoms with Gasteiger partial charge in [0.25, 0.3) is 5.91 Å². The highest BCUT2D eigenvalue weighted by molar-refractivity contribution is 7.98. The zero-order valence-electron chi connectivity index (χ0n) is 12.8. The van der Waals surface area contributed by atoms with E-state index in [-0.39, 0.29) is 5.91 Å². The summed E-state index contributed by atoms with van der Waals surface area (Å²) in [5, 5.41) is 9.19. The van der Waals surface area contributed by atoms with Crippen molar-refractivity contribution in [2.24, 2.45) is 0 Å². The van der Waals surface area contributed by atoms with E-state index in [1.54, 1.807) is 11.8 Å². The summed E-state index contributed by atoms with van der Waals surface area (Å²) in [7, 11) is 0. The minimum Gasteiger partial charge on any atom is -0.336 e. The van der Waals surface area contributed by atoms with Crippen LogP contribution in [0.1, 0.15) is 24.2 Å². The predicted molar refractivity (Wildman–Crippen MR) is 85.4 cm³/mol. The van der Waals surface area contributed by atoms with Crippen molar-refractivity contribution in [1.29, 1.82) is 5.26 Å². The van der Waals surface area contributed by atoms with E-state index in [0.717, 1.165) is 23.5 Å². The summed E-state index contributed by atoms with van der Waals surface area (Å²) < 4.78 is 0. The molecule has 0 aliphatic carbocycles. The van der Waals surface area contributed by atoms with Gasteiger partial charge in [-0.25, -0.2) is 0 Å². The Hall–Kier alpha value is -1.51. The van der Waals surface area contributed by atoms with Gasteiger partial charge in [-0.15, -0.1) is 11.8 Å². The van der Waals surface area contributed by atoms with Crippen molar-refractivity contribution in [3.8, 4) is 6.07 Å². The summed E-state index contributed by atoms with van der Waals surface area (Å²) in [5.74, 6) is 0.0920. The zero-order valence-corrected chi connectivity index (χ0v) is 13.6. The van der Waals surface area contributed by atoms with Crippen LogP contribution in [-0.4, -0.2) is 53.7 Å². The van der Waals surface area contributed by atoms with Crippen molar-refractivity contribution in [1.82, 2.24) is 9.80 Å². The first-order valence-corrected chi connectivity index (χ1v) is 8.30. The van der Waals surface area contributed by atoms with E-state index in [1.165, 1.54) is 0 Å². The van der Waals surface area contributed by atoms with Crippen molar-refractivity contribution < 1.29 is 4.79 Å². The van der Waals surface area contributed by atoms with Gasteiger partial charge >= 0.3 is 0 Å². The van der Waals surface area contributed by atoms with Crippen LogP contribution in [0.5, 0.6) is 0 Å². The van der Waals surface area contributed by atoms with Crippen LogP contribution >= 0.6 is 11.8 Å². The van der Waals surface area contributed by atoms with Crippen LogP contribution in [0.15, 0.2) is 29.2 Å². The lowest BCUT2D eigenvalue weighted by atomic mass is 10.0. The third kappa shape index (κ3) is 3.39. The number of nitriles is 1. The standard InChI is InChI=1S/C16H21N3OS/c1-16(2,12-17)19-10-8-18(9-11-19)15(20)13-6-4-5-7-14(13)21-3/h4-7H,8-11H2,1-3H3. The number of hydrogen-bond acceptors (Lipinski definition) is 4. The number of benzene rings is 1. The zero-order chi connectivity index (χ0) is 15.5. The number of carbonyl (C=O) groups is 1. The molecule has 1 fully saturated rings. The van der Waals surface area contributed by atoms with Gasteiger partial charge in [0.2, 0.25) is 0 Å². The minimum atomic E-state index is -0.466. The molecular weight excluding hydrogens is 282 g/mol. The van der Waals surface area contributed by atoms with Crippen molar-refractivity contribution in [2.45, 2.75) is 24.3 Å². The second kappa shape index (κ2) is 6.50. The normalized spacial score (nSPS) is 16.6.